The van der Waals surface area contributed by atoms with Crippen LogP contribution in [0.25, 0.3) is 0 Å². The lowest BCUT2D eigenvalue weighted by molar-refractivity contribution is 0.103. The molecular formula is C13H18FNO2. The lowest BCUT2D eigenvalue weighted by Gasteiger charge is -2.15. The molecular weight excluding hydrogens is 221 g/mol. The number of aliphatic hydroxyl groups excluding tert-OH is 1. The van der Waals surface area contributed by atoms with Gasteiger partial charge in [-0.05, 0) is 19.1 Å². The van der Waals surface area contributed by atoms with E-state index in [0.29, 0.717) is 6.54 Å². The van der Waals surface area contributed by atoms with Crippen LogP contribution in [0.2, 0.25) is 0 Å². The highest BCUT2D eigenvalue weighted by atomic mass is 19.1. The number of para-hydroxylation sites is 1. The Morgan fingerprint density at radius 2 is 2.24 bits per heavy atom. The molecule has 0 aliphatic rings. The van der Waals surface area contributed by atoms with E-state index in [2.05, 4.69) is 11.9 Å². The summed E-state index contributed by atoms with van der Waals surface area (Å²) in [6, 6.07) is 6.24. The highest BCUT2D eigenvalue weighted by Gasteiger charge is 2.08. The lowest BCUT2D eigenvalue weighted by atomic mass is 10.3. The van der Waals surface area contributed by atoms with Crippen molar-refractivity contribution in [2.45, 2.75) is 19.1 Å². The van der Waals surface area contributed by atoms with E-state index in [1.807, 2.05) is 6.92 Å². The molecule has 4 heteroatoms. The number of rotatable bonds is 7. The summed E-state index contributed by atoms with van der Waals surface area (Å²) in [5.41, 5.74) is 0. The van der Waals surface area contributed by atoms with Crippen LogP contribution in [0.3, 0.4) is 0 Å². The molecule has 0 aliphatic heterocycles. The minimum Gasteiger partial charge on any atom is -0.488 e. The maximum Gasteiger partial charge on any atom is 0.165 e. The van der Waals surface area contributed by atoms with Gasteiger partial charge in [0.15, 0.2) is 11.6 Å². The summed E-state index contributed by atoms with van der Waals surface area (Å²) < 4.78 is 18.3. The Kier molecular flexibility index (Phi) is 5.66. The van der Waals surface area contributed by atoms with E-state index >= 15 is 0 Å². The van der Waals surface area contributed by atoms with Gasteiger partial charge in [-0.25, -0.2) is 4.39 Å². The molecule has 0 saturated heterocycles. The third-order valence-corrected chi connectivity index (χ3v) is 2.30. The van der Waals surface area contributed by atoms with Crippen molar-refractivity contribution in [3.05, 3.63) is 42.7 Å². The second-order valence-corrected chi connectivity index (χ2v) is 3.83. The van der Waals surface area contributed by atoms with Gasteiger partial charge in [-0.15, -0.1) is 6.58 Å². The summed E-state index contributed by atoms with van der Waals surface area (Å²) in [5.74, 6) is -0.268. The second kappa shape index (κ2) is 7.04. The van der Waals surface area contributed by atoms with E-state index in [0.717, 1.165) is 0 Å². The van der Waals surface area contributed by atoms with Crippen molar-refractivity contribution in [3.8, 4) is 5.75 Å². The smallest absolute Gasteiger partial charge is 0.165 e. The minimum absolute atomic E-state index is 0.0534. The first kappa shape index (κ1) is 13.7. The van der Waals surface area contributed by atoms with E-state index in [9.17, 15) is 9.50 Å². The summed E-state index contributed by atoms with van der Waals surface area (Å²) in [7, 11) is 0. The Labute approximate surface area is 101 Å². The fourth-order valence-electron chi connectivity index (χ4n) is 1.21. The van der Waals surface area contributed by atoms with Crippen molar-refractivity contribution in [2.24, 2.45) is 0 Å². The van der Waals surface area contributed by atoms with Gasteiger partial charge in [0.05, 0.1) is 0 Å². The predicted molar refractivity (Wildman–Crippen MR) is 65.6 cm³/mol. The number of hydrogen-bond donors (Lipinski definition) is 2. The van der Waals surface area contributed by atoms with Crippen LogP contribution in [0.15, 0.2) is 36.9 Å². The van der Waals surface area contributed by atoms with E-state index in [1.165, 1.54) is 12.1 Å². The van der Waals surface area contributed by atoms with Crippen LogP contribution in [0.1, 0.15) is 6.92 Å². The van der Waals surface area contributed by atoms with Gasteiger partial charge in [0.1, 0.15) is 12.7 Å². The molecule has 2 N–H and O–H groups in total. The Hall–Kier alpha value is -1.39. The number of halogens is 1. The fraction of sp³-hybridized carbons (Fsp3) is 0.385. The number of benzene rings is 1. The molecule has 17 heavy (non-hydrogen) atoms. The monoisotopic (exact) mass is 239 g/mol. The predicted octanol–water partition coefficient (Wildman–Crippen LogP) is 1.73. The van der Waals surface area contributed by atoms with E-state index in [4.69, 9.17) is 4.74 Å². The molecule has 0 aromatic heterocycles. The second-order valence-electron chi connectivity index (χ2n) is 3.83. The van der Waals surface area contributed by atoms with Crippen molar-refractivity contribution in [3.63, 3.8) is 0 Å². The standard InChI is InChI=1S/C13H18FNO2/c1-3-10(2)15-8-11(16)9-17-13-7-5-4-6-12(13)14/h3-7,10-11,15-16H,1,8-9H2,2H3. The summed E-state index contributed by atoms with van der Waals surface area (Å²) >= 11 is 0. The van der Waals surface area contributed by atoms with Gasteiger partial charge in [-0.3, -0.25) is 0 Å². The lowest BCUT2D eigenvalue weighted by Crippen LogP contribution is -2.35. The van der Waals surface area contributed by atoms with Gasteiger partial charge in [-0.2, -0.15) is 0 Å². The van der Waals surface area contributed by atoms with Gasteiger partial charge in [0.25, 0.3) is 0 Å². The Bertz CT molecular complexity index is 357. The molecule has 0 amide bonds. The number of hydrogen-bond acceptors (Lipinski definition) is 3. The molecule has 2 unspecified atom stereocenters. The average Bonchev–Trinajstić information content (AvgIpc) is 2.35. The topological polar surface area (TPSA) is 41.5 Å². The normalized spacial score (nSPS) is 14.1. The maximum atomic E-state index is 13.2. The Morgan fingerprint density at radius 3 is 2.88 bits per heavy atom. The van der Waals surface area contributed by atoms with Crippen LogP contribution in [0, 0.1) is 5.82 Å². The van der Waals surface area contributed by atoms with Crippen LogP contribution < -0.4 is 10.1 Å². The van der Waals surface area contributed by atoms with Crippen molar-refractivity contribution < 1.29 is 14.2 Å². The first-order chi connectivity index (χ1) is 8.13. The first-order valence-electron chi connectivity index (χ1n) is 5.54. The Morgan fingerprint density at radius 1 is 1.53 bits per heavy atom. The summed E-state index contributed by atoms with van der Waals surface area (Å²) in [6.45, 7) is 5.98. The molecule has 0 spiro atoms. The zero-order chi connectivity index (χ0) is 12.7. The van der Waals surface area contributed by atoms with Crippen LogP contribution in [0.4, 0.5) is 4.39 Å². The number of aliphatic hydroxyl groups is 1. The number of ether oxygens (including phenoxy) is 1. The SMILES string of the molecule is C=CC(C)NCC(O)COc1ccccc1F. The zero-order valence-corrected chi connectivity index (χ0v) is 9.90. The molecule has 1 rings (SSSR count). The molecule has 0 bridgehead atoms. The van der Waals surface area contributed by atoms with Crippen molar-refractivity contribution in [2.75, 3.05) is 13.2 Å². The summed E-state index contributed by atoms with van der Waals surface area (Å²) in [5, 5.41) is 12.6. The van der Waals surface area contributed by atoms with Gasteiger partial charge < -0.3 is 15.2 Å². The highest BCUT2D eigenvalue weighted by molar-refractivity contribution is 5.23. The van der Waals surface area contributed by atoms with Gasteiger partial charge in [-0.1, -0.05) is 18.2 Å². The maximum absolute atomic E-state index is 13.2. The van der Waals surface area contributed by atoms with Crippen LogP contribution in [-0.4, -0.2) is 30.4 Å². The quantitative estimate of drug-likeness (QED) is 0.712. The highest BCUT2D eigenvalue weighted by Crippen LogP contribution is 2.15. The number of nitrogens with one attached hydrogen (secondary N) is 1. The molecule has 0 heterocycles. The summed E-state index contributed by atoms with van der Waals surface area (Å²) in [4.78, 5) is 0. The molecule has 3 nitrogen and oxygen atoms in total. The van der Waals surface area contributed by atoms with Crippen molar-refractivity contribution in [1.29, 1.82) is 0 Å². The van der Waals surface area contributed by atoms with Crippen LogP contribution in [-0.2, 0) is 0 Å². The van der Waals surface area contributed by atoms with E-state index in [-0.39, 0.29) is 18.4 Å². The molecule has 0 radical (unpaired) electrons. The Balaban J connectivity index is 2.31. The molecule has 2 atom stereocenters. The van der Waals surface area contributed by atoms with Gasteiger partial charge in [0.2, 0.25) is 0 Å². The largest absolute Gasteiger partial charge is 0.488 e. The zero-order valence-electron chi connectivity index (χ0n) is 9.90. The average molecular weight is 239 g/mol. The molecule has 0 aliphatic carbocycles. The van der Waals surface area contributed by atoms with Gasteiger partial charge in [0, 0.05) is 12.6 Å². The van der Waals surface area contributed by atoms with Crippen molar-refractivity contribution in [1.82, 2.24) is 5.32 Å². The molecule has 94 valence electrons. The first-order valence-corrected chi connectivity index (χ1v) is 5.54. The van der Waals surface area contributed by atoms with E-state index < -0.39 is 11.9 Å². The van der Waals surface area contributed by atoms with Crippen LogP contribution >= 0.6 is 0 Å². The molecule has 1 aromatic carbocycles. The third kappa shape index (κ3) is 4.97. The van der Waals surface area contributed by atoms with E-state index in [1.54, 1.807) is 18.2 Å². The van der Waals surface area contributed by atoms with Crippen LogP contribution in [0.5, 0.6) is 5.75 Å². The van der Waals surface area contributed by atoms with Crippen molar-refractivity contribution >= 4 is 0 Å². The summed E-state index contributed by atoms with van der Waals surface area (Å²) in [6.07, 6.45) is 1.06. The fourth-order valence-corrected chi connectivity index (χ4v) is 1.21. The van der Waals surface area contributed by atoms with Gasteiger partial charge >= 0.3 is 0 Å². The molecule has 0 fully saturated rings. The molecule has 1 aromatic rings. The third-order valence-electron chi connectivity index (χ3n) is 2.30. The molecule has 0 saturated carbocycles. The minimum atomic E-state index is -0.683.